The molecule has 110 valence electrons. The van der Waals surface area contributed by atoms with Crippen molar-refractivity contribution in [2.45, 2.75) is 45.7 Å². The number of carbonyl (C=O) groups excluding carboxylic acids is 1. The molecule has 1 aromatic heterocycles. The summed E-state index contributed by atoms with van der Waals surface area (Å²) in [6, 6.07) is 0.336. The third-order valence-electron chi connectivity index (χ3n) is 3.63. The summed E-state index contributed by atoms with van der Waals surface area (Å²) < 4.78 is 4.96. The van der Waals surface area contributed by atoms with Crippen LogP contribution in [0, 0.1) is 0 Å². The molecule has 1 atom stereocenters. The van der Waals surface area contributed by atoms with Gasteiger partial charge >= 0.3 is 5.97 Å². The molecule has 0 saturated heterocycles. The molecule has 5 nitrogen and oxygen atoms in total. The lowest BCUT2D eigenvalue weighted by Gasteiger charge is -2.32. The summed E-state index contributed by atoms with van der Waals surface area (Å²) in [7, 11) is 0. The summed E-state index contributed by atoms with van der Waals surface area (Å²) in [5, 5.41) is 0.313. The van der Waals surface area contributed by atoms with Gasteiger partial charge in [-0.25, -0.2) is 9.97 Å². The van der Waals surface area contributed by atoms with Gasteiger partial charge in [0, 0.05) is 43.7 Å². The van der Waals surface area contributed by atoms with Gasteiger partial charge in [0.15, 0.2) is 0 Å². The highest BCUT2D eigenvalue weighted by molar-refractivity contribution is 6.28. The van der Waals surface area contributed by atoms with E-state index in [1.54, 1.807) is 6.20 Å². The lowest BCUT2D eigenvalue weighted by atomic mass is 10.0. The van der Waals surface area contributed by atoms with Gasteiger partial charge in [-0.2, -0.15) is 0 Å². The first-order valence-electron chi connectivity index (χ1n) is 7.00. The Morgan fingerprint density at radius 1 is 1.60 bits per heavy atom. The van der Waals surface area contributed by atoms with E-state index in [1.807, 2.05) is 6.92 Å². The molecule has 6 heteroatoms. The first-order chi connectivity index (χ1) is 9.60. The van der Waals surface area contributed by atoms with Crippen LogP contribution < -0.4 is 0 Å². The minimum Gasteiger partial charge on any atom is -0.466 e. The zero-order chi connectivity index (χ0) is 14.5. The van der Waals surface area contributed by atoms with Gasteiger partial charge in [0.2, 0.25) is 5.28 Å². The van der Waals surface area contributed by atoms with Crippen molar-refractivity contribution < 1.29 is 9.53 Å². The molecule has 0 bridgehead atoms. The number of esters is 1. The van der Waals surface area contributed by atoms with Crippen LogP contribution in [0.4, 0.5) is 0 Å². The summed E-state index contributed by atoms with van der Waals surface area (Å²) in [5.41, 5.74) is 2.17. The molecule has 0 saturated carbocycles. The molecule has 20 heavy (non-hydrogen) atoms. The Balaban J connectivity index is 1.88. The smallest absolute Gasteiger partial charge is 0.305 e. The average molecular weight is 298 g/mol. The van der Waals surface area contributed by atoms with Gasteiger partial charge in [-0.05, 0) is 31.9 Å². The third kappa shape index (κ3) is 3.90. The van der Waals surface area contributed by atoms with Crippen LogP contribution in [0.2, 0.25) is 5.28 Å². The molecule has 0 aromatic carbocycles. The van der Waals surface area contributed by atoms with Crippen LogP contribution in [0.15, 0.2) is 6.20 Å². The summed E-state index contributed by atoms with van der Waals surface area (Å²) in [6.45, 7) is 6.16. The molecular weight excluding hydrogens is 278 g/mol. The molecule has 2 heterocycles. The van der Waals surface area contributed by atoms with Crippen molar-refractivity contribution in [1.82, 2.24) is 14.9 Å². The van der Waals surface area contributed by atoms with E-state index in [9.17, 15) is 4.79 Å². The van der Waals surface area contributed by atoms with Crippen molar-refractivity contribution >= 4 is 17.6 Å². The summed E-state index contributed by atoms with van der Waals surface area (Å²) in [6.07, 6.45) is 3.95. The Bertz CT molecular complexity index is 481. The first-order valence-corrected chi connectivity index (χ1v) is 7.38. The first kappa shape index (κ1) is 15.2. The summed E-state index contributed by atoms with van der Waals surface area (Å²) >= 11 is 5.80. The van der Waals surface area contributed by atoms with Gasteiger partial charge in [-0.3, -0.25) is 9.69 Å². The number of fused-ring (bicyclic) bond motifs is 1. The Labute approximate surface area is 124 Å². The molecule has 0 amide bonds. The van der Waals surface area contributed by atoms with Gasteiger partial charge in [-0.1, -0.05) is 0 Å². The molecule has 2 rings (SSSR count). The van der Waals surface area contributed by atoms with Crippen molar-refractivity contribution in [2.24, 2.45) is 0 Å². The van der Waals surface area contributed by atoms with Gasteiger partial charge in [0.05, 0.1) is 12.3 Å². The van der Waals surface area contributed by atoms with Crippen LogP contribution in [0.25, 0.3) is 0 Å². The van der Waals surface area contributed by atoms with E-state index in [4.69, 9.17) is 16.3 Å². The topological polar surface area (TPSA) is 55.3 Å². The van der Waals surface area contributed by atoms with Gasteiger partial charge in [0.25, 0.3) is 0 Å². The number of hydrogen-bond acceptors (Lipinski definition) is 5. The maximum absolute atomic E-state index is 11.4. The molecule has 1 aliphatic rings. The molecule has 0 fully saturated rings. The van der Waals surface area contributed by atoms with Crippen LogP contribution in [0.1, 0.15) is 37.9 Å². The number of carbonyl (C=O) groups is 1. The zero-order valence-corrected chi connectivity index (χ0v) is 12.7. The van der Waals surface area contributed by atoms with Crippen LogP contribution >= 0.6 is 11.6 Å². The number of aromatic nitrogens is 2. The third-order valence-corrected chi connectivity index (χ3v) is 3.81. The van der Waals surface area contributed by atoms with E-state index in [2.05, 4.69) is 21.8 Å². The van der Waals surface area contributed by atoms with Crippen molar-refractivity contribution in [1.29, 1.82) is 0 Å². The Hall–Kier alpha value is -1.20. The van der Waals surface area contributed by atoms with Crippen molar-refractivity contribution in [3.8, 4) is 0 Å². The van der Waals surface area contributed by atoms with Gasteiger partial charge < -0.3 is 4.74 Å². The monoisotopic (exact) mass is 297 g/mol. The van der Waals surface area contributed by atoms with E-state index in [0.29, 0.717) is 24.4 Å². The lowest BCUT2D eigenvalue weighted by molar-refractivity contribution is -0.143. The number of ether oxygens (including phenoxy) is 1. The molecule has 0 N–H and O–H groups in total. The van der Waals surface area contributed by atoms with Gasteiger partial charge in [0.1, 0.15) is 0 Å². The SMILES string of the molecule is CCOC(=O)CCC(C)N1CCc2nc(Cl)ncc2C1. The van der Waals surface area contributed by atoms with E-state index in [-0.39, 0.29) is 5.97 Å². The van der Waals surface area contributed by atoms with Crippen LogP contribution in [-0.4, -0.2) is 40.0 Å². The quantitative estimate of drug-likeness (QED) is 0.616. The highest BCUT2D eigenvalue weighted by Gasteiger charge is 2.22. The fourth-order valence-corrected chi connectivity index (χ4v) is 2.58. The molecule has 0 aliphatic carbocycles. The van der Waals surface area contributed by atoms with E-state index in [1.165, 1.54) is 0 Å². The Morgan fingerprint density at radius 2 is 2.40 bits per heavy atom. The highest BCUT2D eigenvalue weighted by Crippen LogP contribution is 2.21. The number of rotatable bonds is 5. The second-order valence-corrected chi connectivity index (χ2v) is 5.36. The number of nitrogens with zero attached hydrogens (tertiary/aromatic N) is 3. The van der Waals surface area contributed by atoms with Gasteiger partial charge in [-0.15, -0.1) is 0 Å². The molecule has 1 unspecified atom stereocenters. The van der Waals surface area contributed by atoms with Crippen LogP contribution in [0.3, 0.4) is 0 Å². The maximum Gasteiger partial charge on any atom is 0.305 e. The standard InChI is InChI=1S/C14H20ClN3O2/c1-3-20-13(19)5-4-10(2)18-7-6-12-11(9-18)8-16-14(15)17-12/h8,10H,3-7,9H2,1-2H3. The largest absolute Gasteiger partial charge is 0.466 e. The predicted molar refractivity (Wildman–Crippen MR) is 76.5 cm³/mol. The molecule has 0 spiro atoms. The van der Waals surface area contributed by atoms with Crippen molar-refractivity contribution in [3.63, 3.8) is 0 Å². The molecule has 1 aromatic rings. The number of halogens is 1. The fourth-order valence-electron chi connectivity index (χ4n) is 2.43. The van der Waals surface area contributed by atoms with E-state index in [0.717, 1.165) is 37.2 Å². The second-order valence-electron chi connectivity index (χ2n) is 5.02. The molecular formula is C14H20ClN3O2. The molecule has 0 radical (unpaired) electrons. The maximum atomic E-state index is 11.4. The lowest BCUT2D eigenvalue weighted by Crippen LogP contribution is -2.38. The van der Waals surface area contributed by atoms with E-state index >= 15 is 0 Å². The Morgan fingerprint density at radius 3 is 3.15 bits per heavy atom. The zero-order valence-electron chi connectivity index (χ0n) is 11.9. The van der Waals surface area contributed by atoms with Crippen LogP contribution in [-0.2, 0) is 22.5 Å². The fraction of sp³-hybridized carbons (Fsp3) is 0.643. The second kappa shape index (κ2) is 6.99. The summed E-state index contributed by atoms with van der Waals surface area (Å²) in [5.74, 6) is -0.119. The summed E-state index contributed by atoms with van der Waals surface area (Å²) in [4.78, 5) is 22.0. The predicted octanol–water partition coefficient (Wildman–Crippen LogP) is 2.22. The van der Waals surface area contributed by atoms with Crippen molar-refractivity contribution in [2.75, 3.05) is 13.2 Å². The normalized spacial score (nSPS) is 16.6. The minimum atomic E-state index is -0.119. The molecule has 1 aliphatic heterocycles. The van der Waals surface area contributed by atoms with Crippen LogP contribution in [0.5, 0.6) is 0 Å². The van der Waals surface area contributed by atoms with E-state index < -0.39 is 0 Å². The minimum absolute atomic E-state index is 0.119. The van der Waals surface area contributed by atoms with Crippen molar-refractivity contribution in [3.05, 3.63) is 22.7 Å². The number of hydrogen-bond donors (Lipinski definition) is 0. The average Bonchev–Trinajstić information content (AvgIpc) is 2.44. The highest BCUT2D eigenvalue weighted by atomic mass is 35.5. The Kier molecular flexibility index (Phi) is 5.31.